The Hall–Kier alpha value is -2.91. The molecule has 1 aromatic heterocycles. The Morgan fingerprint density at radius 1 is 0.969 bits per heavy atom. The Morgan fingerprint density at radius 2 is 1.62 bits per heavy atom. The number of hydrogen-bond acceptors (Lipinski definition) is 4. The summed E-state index contributed by atoms with van der Waals surface area (Å²) in [5, 5.41) is 2.71. The molecule has 0 radical (unpaired) electrons. The van der Waals surface area contributed by atoms with E-state index >= 15 is 0 Å². The van der Waals surface area contributed by atoms with Crippen molar-refractivity contribution in [3.63, 3.8) is 0 Å². The molecule has 0 saturated heterocycles. The number of para-hydroxylation sites is 2. The maximum atomic E-state index is 12.8. The zero-order valence-corrected chi connectivity index (χ0v) is 19.5. The number of amides is 1. The van der Waals surface area contributed by atoms with E-state index in [1.807, 2.05) is 44.2 Å². The molecule has 9 heteroatoms. The molecule has 2 N–H and O–H groups in total. The minimum absolute atomic E-state index is 0.0806. The van der Waals surface area contributed by atoms with Crippen molar-refractivity contribution < 1.29 is 13.2 Å². The predicted octanol–water partition coefficient (Wildman–Crippen LogP) is 2.31. The molecule has 0 aliphatic heterocycles. The number of carbonyl (C=O) groups excluding carboxylic acids is 1. The number of nitrogens with zero attached hydrogens (tertiary/aromatic N) is 2. The van der Waals surface area contributed by atoms with Crippen molar-refractivity contribution in [3.8, 4) is 0 Å². The Morgan fingerprint density at radius 3 is 2.28 bits per heavy atom. The zero-order chi connectivity index (χ0) is 23.3. The van der Waals surface area contributed by atoms with Crippen LogP contribution >= 0.6 is 0 Å². The summed E-state index contributed by atoms with van der Waals surface area (Å²) in [5.74, 6) is -0.241. The Balaban J connectivity index is 1.55. The normalized spacial score (nSPS) is 11.7. The number of aromatic nitrogens is 2. The molecule has 0 aliphatic rings. The number of aryl methyl sites for hydroxylation is 4. The van der Waals surface area contributed by atoms with Gasteiger partial charge in [0.15, 0.2) is 0 Å². The van der Waals surface area contributed by atoms with Crippen molar-refractivity contribution in [1.29, 1.82) is 0 Å². The minimum Gasteiger partial charge on any atom is -0.355 e. The largest absolute Gasteiger partial charge is 0.355 e. The topological polar surface area (TPSA) is 102 Å². The standard InChI is InChI=1S/C23H30N4O4S/c1-4-14-26-19-7-5-6-8-20(19)27(23(26)29)15-11-22(28)24-12-13-25-32(30,31)21-16-17(2)9-10-18(21)3/h5-10,16,25H,4,11-15H2,1-3H3,(H,24,28). The Kier molecular flexibility index (Phi) is 7.52. The molecule has 0 spiro atoms. The fourth-order valence-electron chi connectivity index (χ4n) is 3.69. The van der Waals surface area contributed by atoms with E-state index in [4.69, 9.17) is 0 Å². The van der Waals surface area contributed by atoms with Crippen LogP contribution in [0.1, 0.15) is 30.9 Å². The summed E-state index contributed by atoms with van der Waals surface area (Å²) in [5.41, 5.74) is 3.07. The van der Waals surface area contributed by atoms with E-state index in [1.165, 1.54) is 0 Å². The van der Waals surface area contributed by atoms with Gasteiger partial charge in [-0.3, -0.25) is 13.9 Å². The summed E-state index contributed by atoms with van der Waals surface area (Å²) in [6.45, 7) is 6.72. The molecular weight excluding hydrogens is 428 g/mol. The van der Waals surface area contributed by atoms with Crippen molar-refractivity contribution in [2.45, 2.75) is 51.6 Å². The van der Waals surface area contributed by atoms with Gasteiger partial charge in [0.2, 0.25) is 15.9 Å². The molecule has 1 heterocycles. The van der Waals surface area contributed by atoms with Gasteiger partial charge in [-0.05, 0) is 49.6 Å². The highest BCUT2D eigenvalue weighted by Crippen LogP contribution is 2.16. The first-order valence-corrected chi connectivity index (χ1v) is 12.2. The second-order valence-corrected chi connectivity index (χ2v) is 9.58. The number of hydrogen-bond donors (Lipinski definition) is 2. The lowest BCUT2D eigenvalue weighted by Gasteiger charge is -2.11. The minimum atomic E-state index is -3.65. The Bertz CT molecular complexity index is 1270. The van der Waals surface area contributed by atoms with Crippen molar-refractivity contribution in [2.75, 3.05) is 13.1 Å². The van der Waals surface area contributed by atoms with Crippen LogP contribution in [0.4, 0.5) is 0 Å². The summed E-state index contributed by atoms with van der Waals surface area (Å²) < 4.78 is 30.9. The smallest absolute Gasteiger partial charge is 0.329 e. The van der Waals surface area contributed by atoms with Gasteiger partial charge in [0.1, 0.15) is 0 Å². The van der Waals surface area contributed by atoms with E-state index < -0.39 is 10.0 Å². The van der Waals surface area contributed by atoms with Crippen LogP contribution in [0, 0.1) is 13.8 Å². The van der Waals surface area contributed by atoms with E-state index in [1.54, 1.807) is 28.2 Å². The maximum Gasteiger partial charge on any atom is 0.329 e. The van der Waals surface area contributed by atoms with Crippen molar-refractivity contribution in [1.82, 2.24) is 19.2 Å². The number of nitrogens with one attached hydrogen (secondary N) is 2. The highest BCUT2D eigenvalue weighted by Gasteiger charge is 2.17. The third-order valence-corrected chi connectivity index (χ3v) is 6.91. The number of carbonyl (C=O) groups is 1. The highest BCUT2D eigenvalue weighted by atomic mass is 32.2. The van der Waals surface area contributed by atoms with E-state index in [2.05, 4.69) is 10.0 Å². The lowest BCUT2D eigenvalue weighted by Crippen LogP contribution is -2.35. The summed E-state index contributed by atoms with van der Waals surface area (Å²) >= 11 is 0. The lowest BCUT2D eigenvalue weighted by molar-refractivity contribution is -0.121. The number of rotatable bonds is 10. The molecule has 172 valence electrons. The van der Waals surface area contributed by atoms with Crippen LogP contribution < -0.4 is 15.7 Å². The van der Waals surface area contributed by atoms with Crippen LogP contribution in [-0.2, 0) is 27.9 Å². The van der Waals surface area contributed by atoms with Crippen molar-refractivity contribution in [2.24, 2.45) is 0 Å². The second kappa shape index (κ2) is 10.1. The fraction of sp³-hybridized carbons (Fsp3) is 0.391. The van der Waals surface area contributed by atoms with E-state index in [9.17, 15) is 18.0 Å². The van der Waals surface area contributed by atoms with Crippen molar-refractivity contribution in [3.05, 3.63) is 64.1 Å². The zero-order valence-electron chi connectivity index (χ0n) is 18.7. The molecule has 0 unspecified atom stereocenters. The van der Waals surface area contributed by atoms with Gasteiger partial charge in [0.05, 0.1) is 15.9 Å². The third-order valence-electron chi connectivity index (χ3n) is 5.31. The van der Waals surface area contributed by atoms with Crippen LogP contribution in [0.3, 0.4) is 0 Å². The monoisotopic (exact) mass is 458 g/mol. The average Bonchev–Trinajstić information content (AvgIpc) is 3.03. The summed E-state index contributed by atoms with van der Waals surface area (Å²) in [4.78, 5) is 25.3. The van der Waals surface area contributed by atoms with Crippen molar-refractivity contribution >= 4 is 27.0 Å². The molecule has 1 amide bonds. The number of imidazole rings is 1. The quantitative estimate of drug-likeness (QED) is 0.455. The molecule has 0 bridgehead atoms. The summed E-state index contributed by atoms with van der Waals surface area (Å²) in [7, 11) is -3.65. The van der Waals surface area contributed by atoms with Crippen LogP contribution in [0.5, 0.6) is 0 Å². The Labute approximate surface area is 188 Å². The molecule has 0 saturated carbocycles. The SMILES string of the molecule is CCCn1c(=O)n(CCC(=O)NCCNS(=O)(=O)c2cc(C)ccc2C)c2ccccc21. The first-order valence-electron chi connectivity index (χ1n) is 10.8. The van der Waals surface area contributed by atoms with Gasteiger partial charge in [-0.1, -0.05) is 31.2 Å². The van der Waals surface area contributed by atoms with Gasteiger partial charge in [-0.15, -0.1) is 0 Å². The van der Waals surface area contributed by atoms with Crippen LogP contribution in [0.15, 0.2) is 52.2 Å². The van der Waals surface area contributed by atoms with Crippen LogP contribution in [0.2, 0.25) is 0 Å². The number of fused-ring (bicyclic) bond motifs is 1. The first-order chi connectivity index (χ1) is 15.2. The molecule has 8 nitrogen and oxygen atoms in total. The molecule has 0 fully saturated rings. The summed E-state index contributed by atoms with van der Waals surface area (Å²) in [6, 6.07) is 12.8. The molecule has 2 aromatic carbocycles. The molecule has 0 atom stereocenters. The molecule has 3 aromatic rings. The van der Waals surface area contributed by atoms with E-state index in [0.717, 1.165) is 23.0 Å². The molecular formula is C23H30N4O4S. The second-order valence-electron chi connectivity index (χ2n) is 7.84. The van der Waals surface area contributed by atoms with Gasteiger partial charge >= 0.3 is 5.69 Å². The van der Waals surface area contributed by atoms with Gasteiger partial charge in [0.25, 0.3) is 0 Å². The fourth-order valence-corrected chi connectivity index (χ4v) is 5.05. The molecule has 3 rings (SSSR count). The lowest BCUT2D eigenvalue weighted by atomic mass is 10.2. The first kappa shape index (κ1) is 23.7. The third kappa shape index (κ3) is 5.28. The van der Waals surface area contributed by atoms with Crippen LogP contribution in [-0.4, -0.2) is 36.5 Å². The number of sulfonamides is 1. The van der Waals surface area contributed by atoms with Gasteiger partial charge in [-0.2, -0.15) is 0 Å². The molecule has 0 aliphatic carbocycles. The average molecular weight is 459 g/mol. The van der Waals surface area contributed by atoms with Crippen LogP contribution in [0.25, 0.3) is 11.0 Å². The van der Waals surface area contributed by atoms with E-state index in [0.29, 0.717) is 12.1 Å². The van der Waals surface area contributed by atoms with E-state index in [-0.39, 0.29) is 42.5 Å². The van der Waals surface area contributed by atoms with Gasteiger partial charge in [0, 0.05) is 32.6 Å². The summed E-state index contributed by atoms with van der Waals surface area (Å²) in [6.07, 6.45) is 0.968. The molecule has 32 heavy (non-hydrogen) atoms. The maximum absolute atomic E-state index is 12.8. The number of benzene rings is 2. The highest BCUT2D eigenvalue weighted by molar-refractivity contribution is 7.89. The predicted molar refractivity (Wildman–Crippen MR) is 125 cm³/mol. The van der Waals surface area contributed by atoms with Gasteiger partial charge < -0.3 is 5.32 Å². The van der Waals surface area contributed by atoms with Gasteiger partial charge in [-0.25, -0.2) is 17.9 Å².